The van der Waals surface area contributed by atoms with Crippen molar-refractivity contribution < 1.29 is 14.3 Å². The summed E-state index contributed by atoms with van der Waals surface area (Å²) in [4.78, 5) is 20.0. The SMILES string of the molecule is COc1cccc(OC)c1C(=O)c1cncnc1. The summed E-state index contributed by atoms with van der Waals surface area (Å²) >= 11 is 0. The summed E-state index contributed by atoms with van der Waals surface area (Å²) in [6, 6.07) is 5.18. The van der Waals surface area contributed by atoms with E-state index in [9.17, 15) is 4.79 Å². The average molecular weight is 244 g/mol. The summed E-state index contributed by atoms with van der Waals surface area (Å²) in [6.07, 6.45) is 4.29. The van der Waals surface area contributed by atoms with Crippen molar-refractivity contribution in [1.29, 1.82) is 0 Å². The Hall–Kier alpha value is -2.43. The Morgan fingerprint density at radius 3 is 2.11 bits per heavy atom. The van der Waals surface area contributed by atoms with E-state index in [0.717, 1.165) is 0 Å². The molecular formula is C13H12N2O3. The highest BCUT2D eigenvalue weighted by Gasteiger charge is 2.19. The van der Waals surface area contributed by atoms with E-state index in [2.05, 4.69) is 9.97 Å². The maximum atomic E-state index is 12.4. The van der Waals surface area contributed by atoms with E-state index in [1.807, 2.05) is 0 Å². The molecule has 0 N–H and O–H groups in total. The lowest BCUT2D eigenvalue weighted by Crippen LogP contribution is -2.07. The minimum atomic E-state index is -0.232. The highest BCUT2D eigenvalue weighted by Crippen LogP contribution is 2.30. The molecule has 0 saturated heterocycles. The van der Waals surface area contributed by atoms with Crippen LogP contribution in [0, 0.1) is 0 Å². The number of nitrogens with zero attached hydrogens (tertiary/aromatic N) is 2. The van der Waals surface area contributed by atoms with Gasteiger partial charge in [0.25, 0.3) is 0 Å². The summed E-state index contributed by atoms with van der Waals surface area (Å²) in [5.41, 5.74) is 0.762. The van der Waals surface area contributed by atoms with Gasteiger partial charge in [-0.25, -0.2) is 9.97 Å². The molecule has 1 aromatic heterocycles. The number of carbonyl (C=O) groups excluding carboxylic acids is 1. The highest BCUT2D eigenvalue weighted by molar-refractivity contribution is 6.12. The molecule has 2 aromatic rings. The van der Waals surface area contributed by atoms with E-state index in [4.69, 9.17) is 9.47 Å². The van der Waals surface area contributed by atoms with Crippen molar-refractivity contribution in [2.45, 2.75) is 0 Å². The van der Waals surface area contributed by atoms with Crippen molar-refractivity contribution in [3.8, 4) is 11.5 Å². The van der Waals surface area contributed by atoms with Crippen LogP contribution in [0.1, 0.15) is 15.9 Å². The summed E-state index contributed by atoms with van der Waals surface area (Å²) in [5, 5.41) is 0. The lowest BCUT2D eigenvalue weighted by atomic mass is 10.0. The van der Waals surface area contributed by atoms with E-state index in [-0.39, 0.29) is 5.78 Å². The molecule has 0 unspecified atom stereocenters. The molecule has 5 nitrogen and oxygen atoms in total. The predicted molar refractivity (Wildman–Crippen MR) is 65.0 cm³/mol. The van der Waals surface area contributed by atoms with Gasteiger partial charge in [0.05, 0.1) is 19.8 Å². The van der Waals surface area contributed by atoms with Gasteiger partial charge >= 0.3 is 0 Å². The lowest BCUT2D eigenvalue weighted by Gasteiger charge is -2.11. The maximum absolute atomic E-state index is 12.4. The summed E-state index contributed by atoms with van der Waals surface area (Å²) in [7, 11) is 3.01. The van der Waals surface area contributed by atoms with Crippen LogP contribution in [0.25, 0.3) is 0 Å². The van der Waals surface area contributed by atoms with E-state index in [1.54, 1.807) is 18.2 Å². The second-order valence-corrected chi connectivity index (χ2v) is 3.49. The largest absolute Gasteiger partial charge is 0.496 e. The van der Waals surface area contributed by atoms with E-state index in [1.165, 1.54) is 32.9 Å². The molecule has 0 fully saturated rings. The molecule has 18 heavy (non-hydrogen) atoms. The number of ketones is 1. The lowest BCUT2D eigenvalue weighted by molar-refractivity contribution is 0.103. The van der Waals surface area contributed by atoms with E-state index < -0.39 is 0 Å². The van der Waals surface area contributed by atoms with Crippen molar-refractivity contribution >= 4 is 5.78 Å². The number of hydrogen-bond donors (Lipinski definition) is 0. The molecule has 0 atom stereocenters. The van der Waals surface area contributed by atoms with E-state index in [0.29, 0.717) is 22.6 Å². The Balaban J connectivity index is 2.53. The van der Waals surface area contributed by atoms with Crippen molar-refractivity contribution in [2.24, 2.45) is 0 Å². The normalized spacial score (nSPS) is 9.89. The van der Waals surface area contributed by atoms with Crippen LogP contribution in [0.15, 0.2) is 36.9 Å². The Bertz CT molecular complexity index is 533. The molecule has 0 aliphatic heterocycles. The first-order chi connectivity index (χ1) is 8.77. The van der Waals surface area contributed by atoms with Crippen LogP contribution < -0.4 is 9.47 Å². The zero-order chi connectivity index (χ0) is 13.0. The van der Waals surface area contributed by atoms with Gasteiger partial charge in [-0.15, -0.1) is 0 Å². The molecule has 0 radical (unpaired) electrons. The van der Waals surface area contributed by atoms with Crippen LogP contribution in [0.4, 0.5) is 0 Å². The summed E-state index contributed by atoms with van der Waals surface area (Å²) < 4.78 is 10.4. The number of hydrogen-bond acceptors (Lipinski definition) is 5. The fourth-order valence-electron chi connectivity index (χ4n) is 1.64. The fraction of sp³-hybridized carbons (Fsp3) is 0.154. The smallest absolute Gasteiger partial charge is 0.203 e. The van der Waals surface area contributed by atoms with E-state index >= 15 is 0 Å². The summed E-state index contributed by atoms with van der Waals surface area (Å²) in [5.74, 6) is 0.691. The minimum absolute atomic E-state index is 0.232. The Kier molecular flexibility index (Phi) is 3.52. The molecule has 0 amide bonds. The van der Waals surface area contributed by atoms with Crippen LogP contribution in [0.5, 0.6) is 11.5 Å². The number of rotatable bonds is 4. The van der Waals surface area contributed by atoms with Crippen molar-refractivity contribution in [1.82, 2.24) is 9.97 Å². The second-order valence-electron chi connectivity index (χ2n) is 3.49. The summed E-state index contributed by atoms with van der Waals surface area (Å²) in [6.45, 7) is 0. The van der Waals surface area contributed by atoms with Crippen molar-refractivity contribution in [3.05, 3.63) is 48.0 Å². The molecule has 1 heterocycles. The van der Waals surface area contributed by atoms with Crippen molar-refractivity contribution in [2.75, 3.05) is 14.2 Å². The quantitative estimate of drug-likeness (QED) is 0.766. The zero-order valence-corrected chi connectivity index (χ0v) is 10.1. The topological polar surface area (TPSA) is 61.3 Å². The second kappa shape index (κ2) is 5.27. The monoisotopic (exact) mass is 244 g/mol. The molecule has 1 aromatic carbocycles. The standard InChI is InChI=1S/C13H12N2O3/c1-17-10-4-3-5-11(18-2)12(10)13(16)9-6-14-8-15-7-9/h3-8H,1-2H3. The van der Waals surface area contributed by atoms with Gasteiger partial charge in [0, 0.05) is 12.4 Å². The maximum Gasteiger partial charge on any atom is 0.203 e. The third kappa shape index (κ3) is 2.15. The van der Waals surface area contributed by atoms with Gasteiger partial charge in [-0.2, -0.15) is 0 Å². The fourth-order valence-corrected chi connectivity index (χ4v) is 1.64. The van der Waals surface area contributed by atoms with Gasteiger partial charge in [-0.05, 0) is 12.1 Å². The van der Waals surface area contributed by atoms with Gasteiger partial charge < -0.3 is 9.47 Å². The molecule has 0 spiro atoms. The van der Waals surface area contributed by atoms with Gasteiger partial charge in [0.15, 0.2) is 0 Å². The molecule has 0 bridgehead atoms. The first-order valence-electron chi connectivity index (χ1n) is 5.28. The number of carbonyl (C=O) groups is 1. The predicted octanol–water partition coefficient (Wildman–Crippen LogP) is 1.72. The zero-order valence-electron chi connectivity index (χ0n) is 10.1. The molecule has 5 heteroatoms. The van der Waals surface area contributed by atoms with Crippen LogP contribution in [0.3, 0.4) is 0 Å². The Labute approximate surface area is 104 Å². The number of ether oxygens (including phenoxy) is 2. The molecule has 2 rings (SSSR count). The molecule has 92 valence electrons. The molecule has 0 aliphatic carbocycles. The van der Waals surface area contributed by atoms with Crippen LogP contribution in [-0.4, -0.2) is 30.0 Å². The van der Waals surface area contributed by atoms with Crippen molar-refractivity contribution in [3.63, 3.8) is 0 Å². The van der Waals surface area contributed by atoms with Crippen LogP contribution in [0.2, 0.25) is 0 Å². The molecule has 0 saturated carbocycles. The first-order valence-corrected chi connectivity index (χ1v) is 5.28. The molecular weight excluding hydrogens is 232 g/mol. The Morgan fingerprint density at radius 2 is 1.61 bits per heavy atom. The third-order valence-corrected chi connectivity index (χ3v) is 2.48. The average Bonchev–Trinajstić information content (AvgIpc) is 2.46. The first kappa shape index (κ1) is 12.0. The Morgan fingerprint density at radius 1 is 1.06 bits per heavy atom. The minimum Gasteiger partial charge on any atom is -0.496 e. The number of aromatic nitrogens is 2. The van der Waals surface area contributed by atoms with Gasteiger partial charge in [0.1, 0.15) is 23.4 Å². The van der Waals surface area contributed by atoms with Gasteiger partial charge in [-0.1, -0.05) is 6.07 Å². The van der Waals surface area contributed by atoms with Gasteiger partial charge in [-0.3, -0.25) is 4.79 Å². The third-order valence-electron chi connectivity index (χ3n) is 2.48. The number of benzene rings is 1. The highest BCUT2D eigenvalue weighted by atomic mass is 16.5. The number of methoxy groups -OCH3 is 2. The van der Waals surface area contributed by atoms with Crippen LogP contribution in [-0.2, 0) is 0 Å². The molecule has 0 aliphatic rings. The van der Waals surface area contributed by atoms with Gasteiger partial charge in [0.2, 0.25) is 5.78 Å². The van der Waals surface area contributed by atoms with Crippen LogP contribution >= 0.6 is 0 Å².